The molecule has 8 nitrogen and oxygen atoms in total. The van der Waals surface area contributed by atoms with E-state index in [1.54, 1.807) is 5.48 Å². The Hall–Kier alpha value is -3.36. The first-order valence-corrected chi connectivity index (χ1v) is 11.9. The van der Waals surface area contributed by atoms with Gasteiger partial charge in [0.1, 0.15) is 0 Å². The van der Waals surface area contributed by atoms with E-state index in [0.29, 0.717) is 45.7 Å². The number of ether oxygens (including phenoxy) is 1. The molecule has 0 radical (unpaired) electrons. The highest BCUT2D eigenvalue weighted by Crippen LogP contribution is 2.27. The van der Waals surface area contributed by atoms with Crippen LogP contribution in [0.1, 0.15) is 32.1 Å². The molecule has 1 aliphatic rings. The number of aromatic nitrogens is 1. The summed E-state index contributed by atoms with van der Waals surface area (Å²) in [6, 6.07) is 16.6. The number of H-pyrrole nitrogens is 1. The highest BCUT2D eigenvalue weighted by molar-refractivity contribution is 5.92. The number of anilines is 1. The molecule has 8 heteroatoms. The molecule has 3 aromatic rings. The Labute approximate surface area is 199 Å². The number of amides is 3. The Morgan fingerprint density at radius 3 is 2.47 bits per heavy atom. The first kappa shape index (κ1) is 23.8. The standard InChI is InChI=1S/C26H32N4O4/c31-25(28-33)5-3-1-2-4-14-30(26(32)29-15-17-34-18-16-29)23-9-6-20(7-10-23)21-8-11-24-22(19-21)12-13-27-24/h6-13,19,27,33H,1-5,14-18H2,(H,28,31). The molecule has 1 saturated heterocycles. The Morgan fingerprint density at radius 1 is 0.971 bits per heavy atom. The van der Waals surface area contributed by atoms with E-state index in [9.17, 15) is 9.59 Å². The number of nitrogens with zero attached hydrogens (tertiary/aromatic N) is 2. The topological polar surface area (TPSA) is 97.9 Å². The van der Waals surface area contributed by atoms with Crippen molar-refractivity contribution in [2.75, 3.05) is 37.7 Å². The van der Waals surface area contributed by atoms with E-state index in [1.807, 2.05) is 28.1 Å². The number of morpholine rings is 1. The third kappa shape index (κ3) is 5.95. The van der Waals surface area contributed by atoms with Crippen molar-refractivity contribution in [1.82, 2.24) is 15.4 Å². The number of hydrogen-bond acceptors (Lipinski definition) is 4. The molecule has 1 aromatic heterocycles. The quantitative estimate of drug-likeness (QED) is 0.246. The molecule has 3 N–H and O–H groups in total. The van der Waals surface area contributed by atoms with Crippen LogP contribution < -0.4 is 10.4 Å². The molecule has 2 aromatic carbocycles. The third-order valence-corrected chi connectivity index (χ3v) is 6.24. The van der Waals surface area contributed by atoms with Crippen molar-refractivity contribution >= 4 is 28.5 Å². The summed E-state index contributed by atoms with van der Waals surface area (Å²) in [7, 11) is 0. The van der Waals surface area contributed by atoms with Crippen molar-refractivity contribution in [2.45, 2.75) is 32.1 Å². The number of hydrogen-bond donors (Lipinski definition) is 3. The number of carbonyl (C=O) groups excluding carboxylic acids is 2. The van der Waals surface area contributed by atoms with Crippen LogP contribution in [0.4, 0.5) is 10.5 Å². The van der Waals surface area contributed by atoms with Gasteiger partial charge in [-0.3, -0.25) is 14.9 Å². The lowest BCUT2D eigenvalue weighted by atomic mass is 10.0. The van der Waals surface area contributed by atoms with E-state index in [4.69, 9.17) is 9.94 Å². The molecule has 1 aliphatic heterocycles. The van der Waals surface area contributed by atoms with Crippen molar-refractivity contribution in [1.29, 1.82) is 0 Å². The monoisotopic (exact) mass is 464 g/mol. The van der Waals surface area contributed by atoms with Gasteiger partial charge in [-0.05, 0) is 59.7 Å². The lowest BCUT2D eigenvalue weighted by molar-refractivity contribution is -0.129. The fourth-order valence-corrected chi connectivity index (χ4v) is 4.29. The number of urea groups is 1. The van der Waals surface area contributed by atoms with Crippen LogP contribution in [0.2, 0.25) is 0 Å². The van der Waals surface area contributed by atoms with Crippen LogP contribution in [0.25, 0.3) is 22.0 Å². The molecule has 180 valence electrons. The first-order valence-electron chi connectivity index (χ1n) is 11.9. The maximum atomic E-state index is 13.3. The van der Waals surface area contributed by atoms with E-state index in [1.165, 1.54) is 5.39 Å². The predicted octanol–water partition coefficient (Wildman–Crippen LogP) is 4.55. The van der Waals surface area contributed by atoms with Gasteiger partial charge in [0.2, 0.25) is 5.91 Å². The number of unbranched alkanes of at least 4 members (excludes halogenated alkanes) is 3. The van der Waals surface area contributed by atoms with Gasteiger partial charge in [0.15, 0.2) is 0 Å². The minimum atomic E-state index is -0.361. The van der Waals surface area contributed by atoms with Crippen LogP contribution in [-0.4, -0.2) is 59.9 Å². The van der Waals surface area contributed by atoms with Gasteiger partial charge in [-0.25, -0.2) is 10.3 Å². The molecule has 1 fully saturated rings. The van der Waals surface area contributed by atoms with Crippen LogP contribution in [0.15, 0.2) is 54.7 Å². The molecular weight excluding hydrogens is 432 g/mol. The van der Waals surface area contributed by atoms with E-state index in [0.717, 1.165) is 41.6 Å². The number of aromatic amines is 1. The van der Waals surface area contributed by atoms with E-state index < -0.39 is 0 Å². The summed E-state index contributed by atoms with van der Waals surface area (Å²) in [6.45, 7) is 2.93. The molecule has 0 atom stereocenters. The van der Waals surface area contributed by atoms with Gasteiger partial charge in [-0.2, -0.15) is 0 Å². The number of hydroxylamine groups is 1. The summed E-state index contributed by atoms with van der Waals surface area (Å²) >= 11 is 0. The molecule has 0 saturated carbocycles. The molecule has 34 heavy (non-hydrogen) atoms. The molecule has 3 amide bonds. The molecule has 0 aliphatic carbocycles. The van der Waals surface area contributed by atoms with Crippen molar-refractivity contribution in [3.63, 3.8) is 0 Å². The molecule has 0 spiro atoms. The van der Waals surface area contributed by atoms with E-state index in [-0.39, 0.29) is 11.9 Å². The van der Waals surface area contributed by atoms with Gasteiger partial charge in [-0.15, -0.1) is 0 Å². The second-order valence-corrected chi connectivity index (χ2v) is 8.56. The summed E-state index contributed by atoms with van der Waals surface area (Å²) in [5.74, 6) is -0.361. The maximum Gasteiger partial charge on any atom is 0.324 e. The zero-order valence-electron chi connectivity index (χ0n) is 19.3. The Morgan fingerprint density at radius 2 is 1.71 bits per heavy atom. The van der Waals surface area contributed by atoms with E-state index in [2.05, 4.69) is 41.4 Å². The minimum Gasteiger partial charge on any atom is -0.378 e. The van der Waals surface area contributed by atoms with Gasteiger partial charge < -0.3 is 14.6 Å². The smallest absolute Gasteiger partial charge is 0.324 e. The zero-order valence-corrected chi connectivity index (χ0v) is 19.3. The van der Waals surface area contributed by atoms with Crippen molar-refractivity contribution in [2.24, 2.45) is 0 Å². The fourth-order valence-electron chi connectivity index (χ4n) is 4.29. The summed E-state index contributed by atoms with van der Waals surface area (Å²) in [5, 5.41) is 9.76. The van der Waals surface area contributed by atoms with Crippen LogP contribution in [-0.2, 0) is 9.53 Å². The second kappa shape index (κ2) is 11.7. The molecular formula is C26H32N4O4. The van der Waals surface area contributed by atoms with Gasteiger partial charge in [-0.1, -0.05) is 31.0 Å². The second-order valence-electron chi connectivity index (χ2n) is 8.56. The predicted molar refractivity (Wildman–Crippen MR) is 132 cm³/mol. The lowest BCUT2D eigenvalue weighted by Gasteiger charge is -2.33. The highest BCUT2D eigenvalue weighted by atomic mass is 16.5. The largest absolute Gasteiger partial charge is 0.378 e. The SMILES string of the molecule is O=C(CCCCCCN(C(=O)N1CCOCC1)c1ccc(-c2ccc3[nH]ccc3c2)cc1)NO. The average Bonchev–Trinajstić information content (AvgIpc) is 3.36. The first-order chi connectivity index (χ1) is 16.7. The molecule has 2 heterocycles. The summed E-state index contributed by atoms with van der Waals surface area (Å²) in [4.78, 5) is 31.4. The van der Waals surface area contributed by atoms with Crippen molar-refractivity contribution in [3.05, 3.63) is 54.7 Å². The van der Waals surface area contributed by atoms with Crippen LogP contribution in [0.5, 0.6) is 0 Å². The number of rotatable bonds is 9. The van der Waals surface area contributed by atoms with Gasteiger partial charge in [0, 0.05) is 43.5 Å². The number of benzene rings is 2. The van der Waals surface area contributed by atoms with Crippen molar-refractivity contribution in [3.8, 4) is 11.1 Å². The van der Waals surface area contributed by atoms with Gasteiger partial charge in [0.25, 0.3) is 0 Å². The lowest BCUT2D eigenvalue weighted by Crippen LogP contribution is -2.48. The van der Waals surface area contributed by atoms with Crippen LogP contribution in [0, 0.1) is 0 Å². The van der Waals surface area contributed by atoms with Gasteiger partial charge in [0.05, 0.1) is 13.2 Å². The Balaban J connectivity index is 1.43. The van der Waals surface area contributed by atoms with Crippen LogP contribution >= 0.6 is 0 Å². The number of nitrogens with one attached hydrogen (secondary N) is 2. The highest BCUT2D eigenvalue weighted by Gasteiger charge is 2.24. The van der Waals surface area contributed by atoms with Crippen molar-refractivity contribution < 1.29 is 19.5 Å². The number of fused-ring (bicyclic) bond motifs is 1. The third-order valence-electron chi connectivity index (χ3n) is 6.24. The van der Waals surface area contributed by atoms with Gasteiger partial charge >= 0.3 is 6.03 Å². The normalized spacial score (nSPS) is 13.7. The average molecular weight is 465 g/mol. The summed E-state index contributed by atoms with van der Waals surface area (Å²) in [5.41, 5.74) is 5.89. The number of carbonyl (C=O) groups is 2. The van der Waals surface area contributed by atoms with Crippen LogP contribution in [0.3, 0.4) is 0 Å². The maximum absolute atomic E-state index is 13.3. The fraction of sp³-hybridized carbons (Fsp3) is 0.385. The minimum absolute atomic E-state index is 0.00412. The summed E-state index contributed by atoms with van der Waals surface area (Å²) in [6.07, 6.45) is 5.57. The van der Waals surface area contributed by atoms with E-state index >= 15 is 0 Å². The Kier molecular flexibility index (Phi) is 8.17. The molecule has 4 rings (SSSR count). The molecule has 0 unspecified atom stereocenters. The summed E-state index contributed by atoms with van der Waals surface area (Å²) < 4.78 is 5.41. The Bertz CT molecular complexity index is 1090. The molecule has 0 bridgehead atoms. The zero-order chi connectivity index (χ0) is 23.8.